The van der Waals surface area contributed by atoms with Crippen molar-refractivity contribution in [2.45, 2.75) is 25.8 Å². The number of anilines is 1. The van der Waals surface area contributed by atoms with E-state index < -0.39 is 0 Å². The van der Waals surface area contributed by atoms with Crippen LogP contribution in [-0.2, 0) is 0 Å². The lowest BCUT2D eigenvalue weighted by atomic mass is 10.2. The minimum absolute atomic E-state index is 0.758. The Morgan fingerprint density at radius 2 is 2.55 bits per heavy atom. The smallest absolute Gasteiger partial charge is 0.0910 e. The van der Waals surface area contributed by atoms with Gasteiger partial charge < -0.3 is 4.90 Å². The Bertz CT molecular complexity index is 217. The maximum absolute atomic E-state index is 2.50. The second-order valence-corrected chi connectivity index (χ2v) is 4.06. The molecule has 0 spiro atoms. The Kier molecular flexibility index (Phi) is 1.86. The van der Waals surface area contributed by atoms with E-state index in [9.17, 15) is 0 Å². The molecule has 0 aromatic carbocycles. The van der Waals surface area contributed by atoms with Crippen molar-refractivity contribution in [1.82, 2.24) is 0 Å². The molecule has 1 nitrogen and oxygen atoms in total. The maximum atomic E-state index is 2.50. The van der Waals surface area contributed by atoms with Crippen molar-refractivity contribution in [2.24, 2.45) is 0 Å². The molecule has 60 valence electrons. The fourth-order valence-electron chi connectivity index (χ4n) is 1.69. The van der Waals surface area contributed by atoms with Gasteiger partial charge in [-0.2, -0.15) is 0 Å². The third-order valence-corrected chi connectivity index (χ3v) is 3.25. The van der Waals surface area contributed by atoms with Crippen molar-refractivity contribution in [1.29, 1.82) is 0 Å². The summed E-state index contributed by atoms with van der Waals surface area (Å²) in [6.45, 7) is 3.56. The molecule has 1 saturated heterocycles. The van der Waals surface area contributed by atoms with Crippen molar-refractivity contribution < 1.29 is 0 Å². The fraction of sp³-hybridized carbons (Fsp3) is 0.556. The summed E-state index contributed by atoms with van der Waals surface area (Å²) in [5, 5.41) is 3.59. The van der Waals surface area contributed by atoms with Crippen molar-refractivity contribution in [3.8, 4) is 0 Å². The lowest BCUT2D eigenvalue weighted by Gasteiger charge is -2.21. The molecule has 1 atom stereocenters. The average Bonchev–Trinajstić information content (AvgIpc) is 2.55. The predicted octanol–water partition coefficient (Wildman–Crippen LogP) is 2.74. The van der Waals surface area contributed by atoms with E-state index in [-0.39, 0.29) is 0 Å². The van der Waals surface area contributed by atoms with E-state index in [0.717, 1.165) is 6.04 Å². The van der Waals surface area contributed by atoms with Gasteiger partial charge in [0.15, 0.2) is 0 Å². The quantitative estimate of drug-likeness (QED) is 0.621. The van der Waals surface area contributed by atoms with Gasteiger partial charge in [-0.15, -0.1) is 11.3 Å². The van der Waals surface area contributed by atoms with E-state index in [0.29, 0.717) is 0 Å². The molecule has 1 unspecified atom stereocenters. The van der Waals surface area contributed by atoms with Gasteiger partial charge in [-0.05, 0) is 37.3 Å². The Morgan fingerprint density at radius 3 is 3.09 bits per heavy atom. The normalized spacial score (nSPS) is 24.5. The van der Waals surface area contributed by atoms with Crippen LogP contribution in [0.1, 0.15) is 19.8 Å². The zero-order chi connectivity index (χ0) is 7.68. The van der Waals surface area contributed by atoms with Gasteiger partial charge in [0.05, 0.1) is 5.00 Å². The van der Waals surface area contributed by atoms with Crippen molar-refractivity contribution >= 4 is 16.3 Å². The van der Waals surface area contributed by atoms with E-state index in [1.807, 2.05) is 11.3 Å². The van der Waals surface area contributed by atoms with Gasteiger partial charge >= 0.3 is 0 Å². The highest BCUT2D eigenvalue weighted by molar-refractivity contribution is 7.14. The molecule has 0 radical (unpaired) electrons. The average molecular weight is 167 g/mol. The van der Waals surface area contributed by atoms with E-state index in [4.69, 9.17) is 0 Å². The molecule has 0 saturated carbocycles. The Morgan fingerprint density at radius 1 is 1.64 bits per heavy atom. The summed E-state index contributed by atoms with van der Waals surface area (Å²) in [7, 11) is 0. The minimum Gasteiger partial charge on any atom is -0.361 e. The number of thiophene rings is 1. The van der Waals surface area contributed by atoms with E-state index in [1.165, 1.54) is 24.4 Å². The molecule has 1 aromatic heterocycles. The number of nitrogens with zero attached hydrogens (tertiary/aromatic N) is 1. The first-order valence-electron chi connectivity index (χ1n) is 4.18. The van der Waals surface area contributed by atoms with Crippen LogP contribution in [0.25, 0.3) is 0 Å². The Balaban J connectivity index is 2.16. The first-order valence-corrected chi connectivity index (χ1v) is 5.06. The third kappa shape index (κ3) is 1.27. The van der Waals surface area contributed by atoms with Crippen LogP contribution in [0.3, 0.4) is 0 Å². The van der Waals surface area contributed by atoms with Gasteiger partial charge in [0.1, 0.15) is 0 Å². The SMILES string of the molecule is CC1CCCN1c1cccs1. The Labute approximate surface area is 71.7 Å². The van der Waals surface area contributed by atoms with E-state index >= 15 is 0 Å². The molecule has 1 aliphatic rings. The Hall–Kier alpha value is -0.500. The highest BCUT2D eigenvalue weighted by Crippen LogP contribution is 2.28. The monoisotopic (exact) mass is 167 g/mol. The molecule has 0 bridgehead atoms. The van der Waals surface area contributed by atoms with E-state index in [2.05, 4.69) is 29.3 Å². The van der Waals surface area contributed by atoms with Crippen LogP contribution in [0.5, 0.6) is 0 Å². The predicted molar refractivity (Wildman–Crippen MR) is 50.4 cm³/mol. The van der Waals surface area contributed by atoms with Crippen molar-refractivity contribution in [2.75, 3.05) is 11.4 Å². The van der Waals surface area contributed by atoms with E-state index in [1.54, 1.807) is 0 Å². The molecule has 0 aliphatic carbocycles. The topological polar surface area (TPSA) is 3.24 Å². The van der Waals surface area contributed by atoms with Crippen molar-refractivity contribution in [3.63, 3.8) is 0 Å². The van der Waals surface area contributed by atoms with Crippen LogP contribution in [0.15, 0.2) is 17.5 Å². The summed E-state index contributed by atoms with van der Waals surface area (Å²) < 4.78 is 0. The van der Waals surface area contributed by atoms with Crippen LogP contribution >= 0.6 is 11.3 Å². The molecule has 2 heteroatoms. The highest BCUT2D eigenvalue weighted by Gasteiger charge is 2.20. The summed E-state index contributed by atoms with van der Waals surface area (Å²) >= 11 is 1.85. The van der Waals surface area contributed by atoms with Gasteiger partial charge in [-0.25, -0.2) is 0 Å². The molecular weight excluding hydrogens is 154 g/mol. The first kappa shape index (κ1) is 7.17. The molecule has 1 aromatic rings. The standard InChI is InChI=1S/C9H13NS/c1-8-4-2-6-10(8)9-5-3-7-11-9/h3,5,7-8H,2,4,6H2,1H3. The van der Waals surface area contributed by atoms with Crippen LogP contribution < -0.4 is 4.90 Å². The first-order chi connectivity index (χ1) is 5.38. The third-order valence-electron chi connectivity index (χ3n) is 2.34. The van der Waals surface area contributed by atoms with Crippen LogP contribution in [0, 0.1) is 0 Å². The number of hydrogen-bond donors (Lipinski definition) is 0. The summed E-state index contributed by atoms with van der Waals surface area (Å²) in [5.41, 5.74) is 0. The van der Waals surface area contributed by atoms with Gasteiger partial charge in [-0.1, -0.05) is 0 Å². The molecule has 2 rings (SSSR count). The van der Waals surface area contributed by atoms with Gasteiger partial charge in [0, 0.05) is 12.6 Å². The summed E-state index contributed by atoms with van der Waals surface area (Å²) in [6.07, 6.45) is 2.72. The van der Waals surface area contributed by atoms with Crippen LogP contribution in [0.2, 0.25) is 0 Å². The molecular formula is C9H13NS. The summed E-state index contributed by atoms with van der Waals surface area (Å²) in [6, 6.07) is 5.10. The van der Waals surface area contributed by atoms with Gasteiger partial charge in [-0.3, -0.25) is 0 Å². The maximum Gasteiger partial charge on any atom is 0.0910 e. The number of rotatable bonds is 1. The molecule has 1 fully saturated rings. The fourth-order valence-corrected chi connectivity index (χ4v) is 2.55. The largest absolute Gasteiger partial charge is 0.361 e. The molecule has 1 aliphatic heterocycles. The zero-order valence-corrected chi connectivity index (χ0v) is 7.60. The summed E-state index contributed by atoms with van der Waals surface area (Å²) in [4.78, 5) is 2.50. The highest BCUT2D eigenvalue weighted by atomic mass is 32.1. The van der Waals surface area contributed by atoms with Gasteiger partial charge in [0.25, 0.3) is 0 Å². The number of hydrogen-bond acceptors (Lipinski definition) is 2. The molecule has 11 heavy (non-hydrogen) atoms. The molecule has 0 amide bonds. The lowest BCUT2D eigenvalue weighted by Crippen LogP contribution is -2.24. The zero-order valence-electron chi connectivity index (χ0n) is 6.79. The van der Waals surface area contributed by atoms with Crippen LogP contribution in [0.4, 0.5) is 5.00 Å². The molecule has 2 heterocycles. The summed E-state index contributed by atoms with van der Waals surface area (Å²) in [5.74, 6) is 0. The second kappa shape index (κ2) is 2.86. The van der Waals surface area contributed by atoms with Crippen LogP contribution in [-0.4, -0.2) is 12.6 Å². The van der Waals surface area contributed by atoms with Crippen molar-refractivity contribution in [3.05, 3.63) is 17.5 Å². The second-order valence-electron chi connectivity index (χ2n) is 3.14. The minimum atomic E-state index is 0.758. The van der Waals surface area contributed by atoms with Gasteiger partial charge in [0.2, 0.25) is 0 Å². The molecule has 0 N–H and O–H groups in total. The lowest BCUT2D eigenvalue weighted by molar-refractivity contribution is 0.739.